The molecule has 0 radical (unpaired) electrons. The van der Waals surface area contributed by atoms with Gasteiger partial charge in [-0.15, -0.1) is 0 Å². The van der Waals surface area contributed by atoms with Gasteiger partial charge in [0.15, 0.2) is 27.2 Å². The van der Waals surface area contributed by atoms with Gasteiger partial charge in [-0.1, -0.05) is 18.0 Å². The number of hydrogen-bond donors (Lipinski definition) is 1. The number of nitrogens with zero attached hydrogens (tertiary/aromatic N) is 2. The predicted octanol–water partition coefficient (Wildman–Crippen LogP) is 1.83. The lowest BCUT2D eigenvalue weighted by Crippen LogP contribution is -2.34. The lowest BCUT2D eigenvalue weighted by atomic mass is 9.99. The number of hydrogen-bond acceptors (Lipinski definition) is 8. The van der Waals surface area contributed by atoms with E-state index in [9.17, 15) is 8.42 Å². The Morgan fingerprint density at radius 1 is 1.19 bits per heavy atom. The lowest BCUT2D eigenvalue weighted by Gasteiger charge is -2.17. The summed E-state index contributed by atoms with van der Waals surface area (Å²) in [6.45, 7) is 0. The maximum absolute atomic E-state index is 12.6. The highest BCUT2D eigenvalue weighted by molar-refractivity contribution is 7.91. The van der Waals surface area contributed by atoms with Crippen LogP contribution >= 0.6 is 0 Å². The average Bonchev–Trinajstić information content (AvgIpc) is 3.29. The number of rotatable bonds is 7. The first-order chi connectivity index (χ1) is 12.4. The highest BCUT2D eigenvalue weighted by Gasteiger charge is 2.36. The molecule has 142 valence electrons. The van der Waals surface area contributed by atoms with E-state index >= 15 is 0 Å². The molecule has 9 heteroatoms. The van der Waals surface area contributed by atoms with Gasteiger partial charge in [0.1, 0.15) is 0 Å². The summed E-state index contributed by atoms with van der Waals surface area (Å²) >= 11 is 0. The smallest absolute Gasteiger partial charge is 0.227 e. The quantitative estimate of drug-likeness (QED) is 0.772. The molecule has 0 bridgehead atoms. The van der Waals surface area contributed by atoms with Crippen LogP contribution < -0.4 is 15.2 Å². The summed E-state index contributed by atoms with van der Waals surface area (Å²) < 4.78 is 40.7. The van der Waals surface area contributed by atoms with Crippen molar-refractivity contribution >= 4 is 9.84 Å². The van der Waals surface area contributed by atoms with E-state index in [1.165, 1.54) is 26.4 Å². The van der Waals surface area contributed by atoms with Gasteiger partial charge in [-0.3, -0.25) is 0 Å². The van der Waals surface area contributed by atoms with Crippen molar-refractivity contribution in [1.82, 2.24) is 10.1 Å². The Bertz CT molecular complexity index is 872. The molecule has 1 aromatic carbocycles. The van der Waals surface area contributed by atoms with Crippen LogP contribution in [0.5, 0.6) is 11.5 Å². The maximum Gasteiger partial charge on any atom is 0.227 e. The number of sulfone groups is 1. The SMILES string of the molecule is COc1ccc(S(=O)(=O)CCc2nc(C3(N)CCCC3)no2)cc1OC. The summed E-state index contributed by atoms with van der Waals surface area (Å²) in [6.07, 6.45) is 3.83. The second-order valence-corrected chi connectivity index (χ2v) is 8.57. The molecular formula is C17H23N3O5S. The number of aromatic nitrogens is 2. The first kappa shape index (κ1) is 18.7. The van der Waals surface area contributed by atoms with E-state index in [0.29, 0.717) is 17.3 Å². The zero-order valence-corrected chi connectivity index (χ0v) is 15.7. The molecule has 2 N–H and O–H groups in total. The van der Waals surface area contributed by atoms with Crippen LogP contribution in [0.3, 0.4) is 0 Å². The van der Waals surface area contributed by atoms with Crippen molar-refractivity contribution in [1.29, 1.82) is 0 Å². The van der Waals surface area contributed by atoms with Crippen LogP contribution in [0.1, 0.15) is 37.4 Å². The molecule has 26 heavy (non-hydrogen) atoms. The van der Waals surface area contributed by atoms with Crippen molar-refractivity contribution in [2.45, 2.75) is 42.5 Å². The number of aryl methyl sites for hydroxylation is 1. The van der Waals surface area contributed by atoms with Crippen LogP contribution in [0.2, 0.25) is 0 Å². The molecule has 0 spiro atoms. The minimum Gasteiger partial charge on any atom is -0.493 e. The molecule has 2 aromatic rings. The molecule has 0 saturated heterocycles. The summed E-state index contributed by atoms with van der Waals surface area (Å²) in [7, 11) is -0.584. The van der Waals surface area contributed by atoms with E-state index < -0.39 is 15.4 Å². The normalized spacial score (nSPS) is 16.6. The van der Waals surface area contributed by atoms with Gasteiger partial charge in [0.2, 0.25) is 5.89 Å². The van der Waals surface area contributed by atoms with Gasteiger partial charge >= 0.3 is 0 Å². The minimum atomic E-state index is -3.54. The molecule has 0 atom stereocenters. The fourth-order valence-corrected chi connectivity index (χ4v) is 4.38. The van der Waals surface area contributed by atoms with E-state index in [1.807, 2.05) is 0 Å². The molecule has 0 unspecified atom stereocenters. The molecule has 1 aliphatic rings. The summed E-state index contributed by atoms with van der Waals surface area (Å²) in [5.41, 5.74) is 5.75. The van der Waals surface area contributed by atoms with Gasteiger partial charge in [-0.25, -0.2) is 8.42 Å². The van der Waals surface area contributed by atoms with Crippen molar-refractivity contribution in [3.8, 4) is 11.5 Å². The van der Waals surface area contributed by atoms with Crippen LogP contribution in [0, 0.1) is 0 Å². The Hall–Kier alpha value is -2.13. The Balaban J connectivity index is 1.72. The summed E-state index contributed by atoms with van der Waals surface area (Å²) in [5, 5.41) is 3.95. The molecule has 0 aliphatic heterocycles. The molecule has 1 saturated carbocycles. The first-order valence-corrected chi connectivity index (χ1v) is 10.1. The van der Waals surface area contributed by atoms with E-state index in [1.54, 1.807) is 6.07 Å². The summed E-state index contributed by atoms with van der Waals surface area (Å²) in [5.74, 6) is 1.42. The average molecular weight is 381 g/mol. The van der Waals surface area contributed by atoms with Crippen molar-refractivity contribution in [3.05, 3.63) is 29.9 Å². The monoisotopic (exact) mass is 381 g/mol. The van der Waals surface area contributed by atoms with Gasteiger partial charge in [0.25, 0.3) is 0 Å². The summed E-state index contributed by atoms with van der Waals surface area (Å²) in [6, 6.07) is 4.50. The second kappa shape index (κ2) is 7.24. The second-order valence-electron chi connectivity index (χ2n) is 6.46. The van der Waals surface area contributed by atoms with E-state index in [-0.39, 0.29) is 23.0 Å². The highest BCUT2D eigenvalue weighted by Crippen LogP contribution is 2.34. The van der Waals surface area contributed by atoms with Crippen molar-refractivity contribution < 1.29 is 22.4 Å². The third-order valence-electron chi connectivity index (χ3n) is 4.71. The lowest BCUT2D eigenvalue weighted by molar-refractivity contribution is 0.350. The fourth-order valence-electron chi connectivity index (χ4n) is 3.14. The van der Waals surface area contributed by atoms with Gasteiger partial charge < -0.3 is 19.7 Å². The van der Waals surface area contributed by atoms with Gasteiger partial charge in [0, 0.05) is 12.5 Å². The highest BCUT2D eigenvalue weighted by atomic mass is 32.2. The molecule has 8 nitrogen and oxygen atoms in total. The Kier molecular flexibility index (Phi) is 5.19. The number of methoxy groups -OCH3 is 2. The molecule has 0 amide bonds. The van der Waals surface area contributed by atoms with E-state index in [2.05, 4.69) is 10.1 Å². The number of ether oxygens (including phenoxy) is 2. The van der Waals surface area contributed by atoms with Gasteiger partial charge in [0.05, 0.1) is 30.4 Å². The molecule has 1 heterocycles. The van der Waals surface area contributed by atoms with Crippen LogP contribution in [0.15, 0.2) is 27.6 Å². The number of benzene rings is 1. The molecule has 3 rings (SSSR count). The zero-order valence-electron chi connectivity index (χ0n) is 14.9. The molecule has 1 fully saturated rings. The van der Waals surface area contributed by atoms with E-state index in [0.717, 1.165) is 25.7 Å². The largest absolute Gasteiger partial charge is 0.493 e. The maximum atomic E-state index is 12.6. The van der Waals surface area contributed by atoms with Gasteiger partial charge in [-0.05, 0) is 25.0 Å². The van der Waals surface area contributed by atoms with E-state index in [4.69, 9.17) is 19.7 Å². The number of nitrogens with two attached hydrogens (primary N) is 1. The minimum absolute atomic E-state index is 0.125. The van der Waals surface area contributed by atoms with Crippen LogP contribution in [0.25, 0.3) is 0 Å². The Morgan fingerprint density at radius 2 is 1.88 bits per heavy atom. The standard InChI is InChI=1S/C17H23N3O5S/c1-23-13-6-5-12(11-14(13)24-2)26(21,22)10-7-15-19-16(20-25-15)17(18)8-3-4-9-17/h5-6,11H,3-4,7-10,18H2,1-2H3. The topological polar surface area (TPSA) is 118 Å². The van der Waals surface area contributed by atoms with Crippen molar-refractivity contribution in [3.63, 3.8) is 0 Å². The predicted molar refractivity (Wildman–Crippen MR) is 93.9 cm³/mol. The zero-order chi connectivity index (χ0) is 18.8. The molecule has 1 aliphatic carbocycles. The van der Waals surface area contributed by atoms with Crippen molar-refractivity contribution in [2.24, 2.45) is 5.73 Å². The first-order valence-electron chi connectivity index (χ1n) is 8.45. The third kappa shape index (κ3) is 3.68. The Morgan fingerprint density at radius 3 is 2.54 bits per heavy atom. The van der Waals surface area contributed by atoms with Crippen LogP contribution in [-0.2, 0) is 21.8 Å². The van der Waals surface area contributed by atoms with Crippen molar-refractivity contribution in [2.75, 3.05) is 20.0 Å². The summed E-state index contributed by atoms with van der Waals surface area (Å²) in [4.78, 5) is 4.46. The Labute approximate surface area is 152 Å². The third-order valence-corrected chi connectivity index (χ3v) is 6.42. The molecular weight excluding hydrogens is 358 g/mol. The van der Waals surface area contributed by atoms with Crippen LogP contribution in [-0.4, -0.2) is 38.5 Å². The van der Waals surface area contributed by atoms with Gasteiger partial charge in [-0.2, -0.15) is 4.98 Å². The molecule has 1 aromatic heterocycles. The van der Waals surface area contributed by atoms with Crippen LogP contribution in [0.4, 0.5) is 0 Å². The fraction of sp³-hybridized carbons (Fsp3) is 0.529.